The van der Waals surface area contributed by atoms with E-state index in [4.69, 9.17) is 9.47 Å². The van der Waals surface area contributed by atoms with E-state index < -0.39 is 11.5 Å². The van der Waals surface area contributed by atoms with Crippen LogP contribution in [0.3, 0.4) is 0 Å². The molecular weight excluding hydrogens is 426 g/mol. The maximum atomic E-state index is 13.7. The number of carbonyl (C=O) groups excluding carboxylic acids is 2. The molecule has 0 aromatic heterocycles. The first-order valence-electron chi connectivity index (χ1n) is 10.6. The largest absolute Gasteiger partial charge is 0.497 e. The van der Waals surface area contributed by atoms with Crippen LogP contribution in [0.15, 0.2) is 36.4 Å². The molecule has 2 heterocycles. The highest BCUT2D eigenvalue weighted by atomic mass is 32.2. The molecule has 32 heavy (non-hydrogen) atoms. The van der Waals surface area contributed by atoms with Crippen molar-refractivity contribution in [3.05, 3.63) is 47.5 Å². The fourth-order valence-corrected chi connectivity index (χ4v) is 5.27. The van der Waals surface area contributed by atoms with Gasteiger partial charge in [-0.15, -0.1) is 0 Å². The molecule has 8 heteroatoms. The number of methoxy groups -OCH3 is 2. The molecule has 1 spiro atoms. The summed E-state index contributed by atoms with van der Waals surface area (Å²) >= 11 is 1.76. The monoisotopic (exact) mass is 455 g/mol. The van der Waals surface area contributed by atoms with Crippen molar-refractivity contribution in [1.29, 1.82) is 0 Å². The highest BCUT2D eigenvalue weighted by Gasteiger charge is 2.60. The standard InChI is InChI=1S/C24H29N3O4S/c1-14-5-7-19-17(11-14)24(23(29)26-19)18(12-15(27-24)9-10-32-4)22(28)25-20-13-16(30-2)6-8-21(20)31-3/h5-8,11,13,15,18,27H,9-10,12H2,1-4H3,(H,25,28)(H,26,29)/t15-,18+,24+/m1/s1. The van der Waals surface area contributed by atoms with Gasteiger partial charge in [-0.2, -0.15) is 11.8 Å². The first-order valence-corrected chi connectivity index (χ1v) is 12.0. The van der Waals surface area contributed by atoms with Gasteiger partial charge in [-0.3, -0.25) is 14.9 Å². The summed E-state index contributed by atoms with van der Waals surface area (Å²) in [6.45, 7) is 1.99. The van der Waals surface area contributed by atoms with Crippen LogP contribution in [-0.2, 0) is 15.1 Å². The molecule has 2 aromatic carbocycles. The van der Waals surface area contributed by atoms with Crippen LogP contribution in [0.25, 0.3) is 0 Å². The number of rotatable bonds is 7. The van der Waals surface area contributed by atoms with Crippen LogP contribution in [0.2, 0.25) is 0 Å². The Morgan fingerprint density at radius 1 is 1.22 bits per heavy atom. The minimum atomic E-state index is -1.10. The van der Waals surface area contributed by atoms with Gasteiger partial charge in [0.05, 0.1) is 25.8 Å². The molecule has 4 rings (SSSR count). The molecule has 1 saturated heterocycles. The molecule has 0 unspecified atom stereocenters. The fraction of sp³-hybridized carbons (Fsp3) is 0.417. The van der Waals surface area contributed by atoms with E-state index in [1.807, 2.05) is 25.1 Å². The number of carbonyl (C=O) groups is 2. The Balaban J connectivity index is 1.72. The third-order valence-corrected chi connectivity index (χ3v) is 6.98. The zero-order chi connectivity index (χ0) is 22.9. The molecule has 3 N–H and O–H groups in total. The van der Waals surface area contributed by atoms with Crippen molar-refractivity contribution in [3.8, 4) is 11.5 Å². The normalized spacial score (nSPS) is 23.7. The summed E-state index contributed by atoms with van der Waals surface area (Å²) in [6, 6.07) is 11.2. The average molecular weight is 456 g/mol. The van der Waals surface area contributed by atoms with Crippen molar-refractivity contribution in [1.82, 2.24) is 5.32 Å². The number of hydrogen-bond donors (Lipinski definition) is 3. The summed E-state index contributed by atoms with van der Waals surface area (Å²) in [6.07, 6.45) is 3.51. The van der Waals surface area contributed by atoms with Crippen LogP contribution >= 0.6 is 11.8 Å². The van der Waals surface area contributed by atoms with Gasteiger partial charge in [0, 0.05) is 23.4 Å². The number of thioether (sulfide) groups is 1. The van der Waals surface area contributed by atoms with Crippen LogP contribution in [0, 0.1) is 12.8 Å². The molecule has 0 bridgehead atoms. The number of aryl methyl sites for hydroxylation is 1. The molecule has 2 aliphatic heterocycles. The van der Waals surface area contributed by atoms with E-state index in [9.17, 15) is 9.59 Å². The molecule has 2 aliphatic rings. The Bertz CT molecular complexity index is 1040. The molecule has 2 amide bonds. The van der Waals surface area contributed by atoms with E-state index >= 15 is 0 Å². The maximum Gasteiger partial charge on any atom is 0.250 e. The zero-order valence-corrected chi connectivity index (χ0v) is 19.6. The van der Waals surface area contributed by atoms with Gasteiger partial charge >= 0.3 is 0 Å². The minimum absolute atomic E-state index is 0.0580. The summed E-state index contributed by atoms with van der Waals surface area (Å²) in [5, 5.41) is 9.56. The second kappa shape index (κ2) is 9.03. The van der Waals surface area contributed by atoms with E-state index in [-0.39, 0.29) is 17.9 Å². The number of benzene rings is 2. The number of amides is 2. The number of hydrogen-bond acceptors (Lipinski definition) is 6. The number of ether oxygens (including phenoxy) is 2. The number of fused-ring (bicyclic) bond motifs is 2. The third kappa shape index (κ3) is 3.82. The average Bonchev–Trinajstić information content (AvgIpc) is 3.31. The predicted molar refractivity (Wildman–Crippen MR) is 128 cm³/mol. The van der Waals surface area contributed by atoms with Gasteiger partial charge in [-0.1, -0.05) is 17.7 Å². The zero-order valence-electron chi connectivity index (χ0n) is 18.8. The summed E-state index contributed by atoms with van der Waals surface area (Å²) in [5.74, 6) is 1.12. The first-order chi connectivity index (χ1) is 15.4. The van der Waals surface area contributed by atoms with E-state index in [0.29, 0.717) is 23.6 Å². The molecule has 2 aromatic rings. The molecule has 7 nitrogen and oxygen atoms in total. The van der Waals surface area contributed by atoms with E-state index in [1.54, 1.807) is 44.2 Å². The summed E-state index contributed by atoms with van der Waals surface area (Å²) in [4.78, 5) is 27.0. The van der Waals surface area contributed by atoms with Crippen molar-refractivity contribution in [2.24, 2.45) is 5.92 Å². The van der Waals surface area contributed by atoms with Crippen molar-refractivity contribution < 1.29 is 19.1 Å². The second-order valence-electron chi connectivity index (χ2n) is 8.28. The Morgan fingerprint density at radius 2 is 2.03 bits per heavy atom. The van der Waals surface area contributed by atoms with Gasteiger partial charge in [0.2, 0.25) is 11.8 Å². The van der Waals surface area contributed by atoms with Crippen molar-refractivity contribution in [3.63, 3.8) is 0 Å². The van der Waals surface area contributed by atoms with Gasteiger partial charge in [-0.25, -0.2) is 0 Å². The van der Waals surface area contributed by atoms with E-state index in [2.05, 4.69) is 22.2 Å². The quantitative estimate of drug-likeness (QED) is 0.592. The predicted octanol–water partition coefficient (Wildman–Crippen LogP) is 3.53. The van der Waals surface area contributed by atoms with Gasteiger partial charge in [0.25, 0.3) is 0 Å². The molecule has 0 saturated carbocycles. The highest BCUT2D eigenvalue weighted by molar-refractivity contribution is 7.98. The van der Waals surface area contributed by atoms with Crippen LogP contribution in [0.4, 0.5) is 11.4 Å². The summed E-state index contributed by atoms with van der Waals surface area (Å²) in [7, 11) is 3.12. The Hall–Kier alpha value is -2.71. The Labute approximate surface area is 192 Å². The van der Waals surface area contributed by atoms with Gasteiger partial charge in [0.15, 0.2) is 0 Å². The summed E-state index contributed by atoms with van der Waals surface area (Å²) in [5.41, 5.74) is 2.06. The topological polar surface area (TPSA) is 88.7 Å². The highest BCUT2D eigenvalue weighted by Crippen LogP contribution is 2.48. The first kappa shape index (κ1) is 22.5. The van der Waals surface area contributed by atoms with Gasteiger partial charge < -0.3 is 20.1 Å². The molecular formula is C24H29N3O4S. The van der Waals surface area contributed by atoms with Crippen molar-refractivity contribution >= 4 is 35.0 Å². The van der Waals surface area contributed by atoms with E-state index in [0.717, 1.165) is 29.0 Å². The summed E-state index contributed by atoms with van der Waals surface area (Å²) < 4.78 is 10.7. The van der Waals surface area contributed by atoms with Gasteiger partial charge in [-0.05, 0) is 50.0 Å². The molecule has 0 aliphatic carbocycles. The maximum absolute atomic E-state index is 13.7. The lowest BCUT2D eigenvalue weighted by molar-refractivity contribution is -0.130. The number of anilines is 2. The third-order valence-electron chi connectivity index (χ3n) is 6.33. The minimum Gasteiger partial charge on any atom is -0.497 e. The van der Waals surface area contributed by atoms with Crippen LogP contribution in [-0.4, -0.2) is 44.1 Å². The van der Waals surface area contributed by atoms with Gasteiger partial charge in [0.1, 0.15) is 17.0 Å². The molecule has 1 fully saturated rings. The Kier molecular flexibility index (Phi) is 6.35. The lowest BCUT2D eigenvalue weighted by Crippen LogP contribution is -2.52. The second-order valence-corrected chi connectivity index (χ2v) is 9.26. The fourth-order valence-electron chi connectivity index (χ4n) is 4.75. The number of nitrogens with one attached hydrogen (secondary N) is 3. The van der Waals surface area contributed by atoms with Crippen LogP contribution < -0.4 is 25.4 Å². The van der Waals surface area contributed by atoms with Crippen LogP contribution in [0.1, 0.15) is 24.0 Å². The lowest BCUT2D eigenvalue weighted by atomic mass is 9.79. The van der Waals surface area contributed by atoms with E-state index in [1.165, 1.54) is 0 Å². The van der Waals surface area contributed by atoms with Crippen LogP contribution in [0.5, 0.6) is 11.5 Å². The molecule has 0 radical (unpaired) electrons. The van der Waals surface area contributed by atoms with Crippen molar-refractivity contribution in [2.45, 2.75) is 31.3 Å². The molecule has 170 valence electrons. The lowest BCUT2D eigenvalue weighted by Gasteiger charge is -2.29. The SMILES string of the molecule is COc1ccc(OC)c(NC(=O)[C@@H]2C[C@@H](CCSC)N[C@]23C(=O)Nc2ccc(C)cc23)c1. The van der Waals surface area contributed by atoms with Crippen molar-refractivity contribution in [2.75, 3.05) is 36.9 Å². The Morgan fingerprint density at radius 3 is 2.75 bits per heavy atom. The molecule has 3 atom stereocenters. The smallest absolute Gasteiger partial charge is 0.250 e.